The first kappa shape index (κ1) is 14.9. The van der Waals surface area contributed by atoms with E-state index in [1.165, 1.54) is 18.5 Å². The average Bonchev–Trinajstić information content (AvgIpc) is 2.46. The molecule has 2 rings (SSSR count). The monoisotopic (exact) mass is 312 g/mol. The predicted octanol–water partition coefficient (Wildman–Crippen LogP) is 1.75. The fraction of sp³-hybridized carbons (Fsp3) is 0.154. The zero-order valence-electron chi connectivity index (χ0n) is 10.4. The van der Waals surface area contributed by atoms with Crippen molar-refractivity contribution >= 4 is 21.6 Å². The largest absolute Gasteiger partial charge is 0.394 e. The smallest absolute Gasteiger partial charge is 0.244 e. The van der Waals surface area contributed by atoms with E-state index in [1.54, 1.807) is 24.3 Å². The molecule has 106 valence electrons. The fourth-order valence-corrected chi connectivity index (χ4v) is 3.35. The Morgan fingerprint density at radius 2 is 1.95 bits per heavy atom. The molecule has 1 heterocycles. The predicted molar refractivity (Wildman–Crippen MR) is 75.8 cm³/mol. The molecule has 20 heavy (non-hydrogen) atoms. The van der Waals surface area contributed by atoms with Crippen LogP contribution in [0.4, 0.5) is 0 Å². The van der Waals surface area contributed by atoms with Crippen LogP contribution in [0, 0.1) is 0 Å². The second kappa shape index (κ2) is 6.32. The highest BCUT2D eigenvalue weighted by atomic mass is 35.5. The van der Waals surface area contributed by atoms with Crippen LogP contribution in [0.5, 0.6) is 0 Å². The van der Waals surface area contributed by atoms with Crippen LogP contribution in [0.25, 0.3) is 0 Å². The lowest BCUT2D eigenvalue weighted by Gasteiger charge is -2.17. The number of nitrogens with one attached hydrogen (secondary N) is 1. The Morgan fingerprint density at radius 1 is 1.25 bits per heavy atom. The lowest BCUT2D eigenvalue weighted by atomic mass is 10.1. The van der Waals surface area contributed by atoms with E-state index in [-0.39, 0.29) is 16.5 Å². The van der Waals surface area contributed by atoms with Crippen LogP contribution in [0.2, 0.25) is 5.02 Å². The molecule has 1 aromatic carbocycles. The molecule has 0 saturated heterocycles. The first-order valence-electron chi connectivity index (χ1n) is 5.82. The van der Waals surface area contributed by atoms with Gasteiger partial charge < -0.3 is 5.11 Å². The molecule has 0 aliphatic rings. The Morgan fingerprint density at radius 3 is 2.55 bits per heavy atom. The molecule has 0 fully saturated rings. The van der Waals surface area contributed by atoms with E-state index >= 15 is 0 Å². The molecule has 0 aliphatic carbocycles. The van der Waals surface area contributed by atoms with Gasteiger partial charge in [0.2, 0.25) is 10.0 Å². The number of aromatic nitrogens is 1. The third-order valence-corrected chi connectivity index (χ3v) is 4.65. The quantitative estimate of drug-likeness (QED) is 0.881. The number of aliphatic hydroxyl groups is 1. The zero-order chi connectivity index (χ0) is 14.6. The number of aliphatic hydroxyl groups excluding tert-OH is 1. The van der Waals surface area contributed by atoms with Crippen molar-refractivity contribution in [3.05, 3.63) is 59.4 Å². The van der Waals surface area contributed by atoms with Gasteiger partial charge in [-0.2, -0.15) is 0 Å². The summed E-state index contributed by atoms with van der Waals surface area (Å²) in [5, 5.41) is 9.46. The third kappa shape index (κ3) is 3.34. The van der Waals surface area contributed by atoms with E-state index in [9.17, 15) is 13.5 Å². The van der Waals surface area contributed by atoms with Gasteiger partial charge in [0.1, 0.15) is 4.90 Å². The number of nitrogens with zero attached hydrogens (tertiary/aromatic N) is 1. The molecule has 0 bridgehead atoms. The maximum Gasteiger partial charge on any atom is 0.244 e. The molecule has 7 heteroatoms. The van der Waals surface area contributed by atoms with Gasteiger partial charge in [0.25, 0.3) is 0 Å². The van der Waals surface area contributed by atoms with E-state index in [2.05, 4.69) is 9.71 Å². The number of halogens is 1. The summed E-state index contributed by atoms with van der Waals surface area (Å²) >= 11 is 5.86. The molecule has 1 unspecified atom stereocenters. The van der Waals surface area contributed by atoms with Crippen molar-refractivity contribution in [2.24, 2.45) is 0 Å². The number of benzene rings is 1. The normalized spacial score (nSPS) is 13.1. The van der Waals surface area contributed by atoms with E-state index in [1.807, 2.05) is 6.07 Å². The second-order valence-electron chi connectivity index (χ2n) is 4.07. The van der Waals surface area contributed by atoms with Crippen LogP contribution in [-0.2, 0) is 10.0 Å². The molecular weight excluding hydrogens is 300 g/mol. The highest BCUT2D eigenvalue weighted by Gasteiger charge is 2.23. The van der Waals surface area contributed by atoms with E-state index in [0.717, 1.165) is 0 Å². The SMILES string of the molecule is O=S(=O)(NC(CO)c1ccccc1)c1cnccc1Cl. The van der Waals surface area contributed by atoms with Gasteiger partial charge in [-0.3, -0.25) is 4.98 Å². The van der Waals surface area contributed by atoms with E-state index < -0.39 is 16.1 Å². The summed E-state index contributed by atoms with van der Waals surface area (Å²) in [6.45, 7) is -0.360. The minimum atomic E-state index is -3.85. The number of hydrogen-bond acceptors (Lipinski definition) is 4. The first-order chi connectivity index (χ1) is 9.54. The zero-order valence-corrected chi connectivity index (χ0v) is 12.0. The highest BCUT2D eigenvalue weighted by molar-refractivity contribution is 7.89. The average molecular weight is 313 g/mol. The Hall–Kier alpha value is -1.47. The lowest BCUT2D eigenvalue weighted by molar-refractivity contribution is 0.259. The van der Waals surface area contributed by atoms with Crippen molar-refractivity contribution < 1.29 is 13.5 Å². The van der Waals surface area contributed by atoms with Crippen LogP contribution in [0.15, 0.2) is 53.7 Å². The fourth-order valence-electron chi connectivity index (χ4n) is 1.71. The molecule has 0 aliphatic heterocycles. The highest BCUT2D eigenvalue weighted by Crippen LogP contribution is 2.22. The molecule has 1 aromatic heterocycles. The lowest BCUT2D eigenvalue weighted by Crippen LogP contribution is -2.31. The number of rotatable bonds is 5. The molecule has 0 saturated carbocycles. The summed E-state index contributed by atoms with van der Waals surface area (Å²) in [6.07, 6.45) is 2.58. The maximum absolute atomic E-state index is 12.2. The Kier molecular flexibility index (Phi) is 4.72. The van der Waals surface area contributed by atoms with E-state index in [0.29, 0.717) is 5.56 Å². The summed E-state index contributed by atoms with van der Waals surface area (Å²) in [4.78, 5) is 3.64. The number of pyridine rings is 1. The van der Waals surface area contributed by atoms with Gasteiger partial charge >= 0.3 is 0 Å². The van der Waals surface area contributed by atoms with Crippen LogP contribution in [-0.4, -0.2) is 25.1 Å². The third-order valence-electron chi connectivity index (χ3n) is 2.71. The van der Waals surface area contributed by atoms with E-state index in [4.69, 9.17) is 11.6 Å². The Balaban J connectivity index is 2.30. The van der Waals surface area contributed by atoms with Gasteiger partial charge in [-0.1, -0.05) is 41.9 Å². The van der Waals surface area contributed by atoms with Gasteiger partial charge in [-0.15, -0.1) is 0 Å². The van der Waals surface area contributed by atoms with Crippen molar-refractivity contribution in [3.63, 3.8) is 0 Å². The molecule has 1 atom stereocenters. The molecule has 0 spiro atoms. The first-order valence-corrected chi connectivity index (χ1v) is 7.68. The number of hydrogen-bond donors (Lipinski definition) is 2. The minimum Gasteiger partial charge on any atom is -0.394 e. The summed E-state index contributed by atoms with van der Waals surface area (Å²) in [7, 11) is -3.85. The summed E-state index contributed by atoms with van der Waals surface area (Å²) in [6, 6.07) is 9.46. The Labute approximate surface area is 122 Å². The summed E-state index contributed by atoms with van der Waals surface area (Å²) < 4.78 is 26.9. The molecule has 0 radical (unpaired) electrons. The maximum atomic E-state index is 12.2. The van der Waals surface area contributed by atoms with Crippen molar-refractivity contribution in [2.45, 2.75) is 10.9 Å². The molecule has 5 nitrogen and oxygen atoms in total. The standard InChI is InChI=1S/C13H13ClN2O3S/c14-11-6-7-15-8-13(11)20(18,19)16-12(9-17)10-4-2-1-3-5-10/h1-8,12,16-17H,9H2. The van der Waals surface area contributed by atoms with Crippen LogP contribution in [0.3, 0.4) is 0 Å². The van der Waals surface area contributed by atoms with Crippen LogP contribution < -0.4 is 4.72 Å². The van der Waals surface area contributed by atoms with Crippen molar-refractivity contribution in [3.8, 4) is 0 Å². The minimum absolute atomic E-state index is 0.0808. The second-order valence-corrected chi connectivity index (χ2v) is 6.16. The van der Waals surface area contributed by atoms with Crippen molar-refractivity contribution in [1.29, 1.82) is 0 Å². The summed E-state index contributed by atoms with van der Waals surface area (Å²) in [5.74, 6) is 0. The molecular formula is C13H13ClN2O3S. The molecule has 2 aromatic rings. The van der Waals surface area contributed by atoms with Gasteiger partial charge in [-0.05, 0) is 11.6 Å². The Bertz CT molecular complexity index is 677. The molecule has 2 N–H and O–H groups in total. The topological polar surface area (TPSA) is 79.3 Å². The molecule has 0 amide bonds. The van der Waals surface area contributed by atoms with Crippen LogP contribution >= 0.6 is 11.6 Å². The van der Waals surface area contributed by atoms with Crippen molar-refractivity contribution in [2.75, 3.05) is 6.61 Å². The number of sulfonamides is 1. The summed E-state index contributed by atoms with van der Waals surface area (Å²) in [5.41, 5.74) is 0.665. The van der Waals surface area contributed by atoms with Gasteiger partial charge in [-0.25, -0.2) is 13.1 Å². The van der Waals surface area contributed by atoms with Gasteiger partial charge in [0, 0.05) is 12.4 Å². The van der Waals surface area contributed by atoms with Gasteiger partial charge in [0.05, 0.1) is 17.7 Å². The van der Waals surface area contributed by atoms with Crippen LogP contribution in [0.1, 0.15) is 11.6 Å². The van der Waals surface area contributed by atoms with Crippen molar-refractivity contribution in [1.82, 2.24) is 9.71 Å². The van der Waals surface area contributed by atoms with Gasteiger partial charge in [0.15, 0.2) is 0 Å².